The van der Waals surface area contributed by atoms with E-state index >= 15 is 0 Å². The number of rotatable bonds is 3. The van der Waals surface area contributed by atoms with Gasteiger partial charge in [0.1, 0.15) is 17.7 Å². The molecule has 0 aliphatic carbocycles. The average molecular weight is 228 g/mol. The number of ether oxygens (including phenoxy) is 2. The van der Waals surface area contributed by atoms with Gasteiger partial charge < -0.3 is 20.5 Å². The fraction of sp³-hybridized carbons (Fsp3) is 0.222. The zero-order chi connectivity index (χ0) is 10.7. The van der Waals surface area contributed by atoms with Crippen molar-refractivity contribution < 1.29 is 9.47 Å². The normalized spacial score (nSPS) is 14.7. The number of anilines is 2. The lowest BCUT2D eigenvalue weighted by Crippen LogP contribution is -2.21. The Hall–Kier alpha value is -1.62. The lowest BCUT2D eigenvalue weighted by atomic mass is 10.4. The first-order valence-corrected chi connectivity index (χ1v) is 4.75. The molecule has 6 heteroatoms. The van der Waals surface area contributed by atoms with Gasteiger partial charge in [-0.3, -0.25) is 0 Å². The molecule has 2 heterocycles. The van der Waals surface area contributed by atoms with Crippen molar-refractivity contribution in [3.8, 4) is 0 Å². The van der Waals surface area contributed by atoms with E-state index in [4.69, 9.17) is 26.8 Å². The summed E-state index contributed by atoms with van der Waals surface area (Å²) in [6.07, 6.45) is 2.63. The Morgan fingerprint density at radius 3 is 2.87 bits per heavy atom. The molecule has 1 aliphatic rings. The summed E-state index contributed by atoms with van der Waals surface area (Å²) >= 11 is 5.73. The van der Waals surface area contributed by atoms with E-state index in [1.807, 2.05) is 0 Å². The third kappa shape index (κ3) is 2.44. The van der Waals surface area contributed by atoms with Crippen molar-refractivity contribution in [2.75, 3.05) is 17.6 Å². The van der Waals surface area contributed by atoms with Gasteiger partial charge in [-0.2, -0.15) is 0 Å². The van der Waals surface area contributed by atoms with Crippen LogP contribution in [0.4, 0.5) is 11.5 Å². The number of nitrogens with one attached hydrogen (secondary N) is 1. The highest BCUT2D eigenvalue weighted by Crippen LogP contribution is 2.18. The molecule has 1 aromatic heterocycles. The minimum Gasteiger partial charge on any atom is -0.457 e. The van der Waals surface area contributed by atoms with Crippen molar-refractivity contribution in [1.82, 2.24) is 4.98 Å². The molecule has 0 fully saturated rings. The van der Waals surface area contributed by atoms with Gasteiger partial charge in [-0.25, -0.2) is 4.98 Å². The van der Waals surface area contributed by atoms with E-state index in [1.54, 1.807) is 12.1 Å². The molecule has 0 unspecified atom stereocenters. The van der Waals surface area contributed by atoms with Crippen LogP contribution in [0.5, 0.6) is 0 Å². The van der Waals surface area contributed by atoms with E-state index in [0.29, 0.717) is 23.2 Å². The number of hydrogen-bond donors (Lipinski definition) is 2. The van der Waals surface area contributed by atoms with Crippen LogP contribution in [0.2, 0.25) is 5.15 Å². The Morgan fingerprint density at radius 1 is 1.40 bits per heavy atom. The minimum atomic E-state index is -0.342. The molecule has 0 atom stereocenters. The summed E-state index contributed by atoms with van der Waals surface area (Å²) < 4.78 is 10.2. The van der Waals surface area contributed by atoms with Crippen LogP contribution < -0.4 is 11.1 Å². The van der Waals surface area contributed by atoms with Crippen molar-refractivity contribution in [2.45, 2.75) is 6.29 Å². The van der Waals surface area contributed by atoms with Gasteiger partial charge in [-0.05, 0) is 12.1 Å². The minimum absolute atomic E-state index is 0.342. The first-order valence-electron chi connectivity index (χ1n) is 4.37. The van der Waals surface area contributed by atoms with Gasteiger partial charge in [0.2, 0.25) is 0 Å². The molecule has 0 aromatic carbocycles. The fourth-order valence-electron chi connectivity index (χ4n) is 1.14. The molecule has 0 bridgehead atoms. The fourth-order valence-corrected chi connectivity index (χ4v) is 1.28. The van der Waals surface area contributed by atoms with Crippen LogP contribution in [0.25, 0.3) is 0 Å². The van der Waals surface area contributed by atoms with Gasteiger partial charge in [0.25, 0.3) is 6.29 Å². The molecular weight excluding hydrogens is 218 g/mol. The maximum Gasteiger partial charge on any atom is 0.256 e. The number of nitrogens with zero attached hydrogens (tertiary/aromatic N) is 1. The van der Waals surface area contributed by atoms with Crippen LogP contribution in [0, 0.1) is 0 Å². The number of nitrogen functional groups attached to an aromatic ring is 1. The molecule has 2 rings (SSSR count). The number of aromatic nitrogens is 1. The van der Waals surface area contributed by atoms with E-state index in [2.05, 4.69) is 10.3 Å². The number of hydrogen-bond acceptors (Lipinski definition) is 5. The quantitative estimate of drug-likeness (QED) is 0.768. The number of halogens is 1. The van der Waals surface area contributed by atoms with Crippen LogP contribution in [0.1, 0.15) is 0 Å². The van der Waals surface area contributed by atoms with Crippen LogP contribution in [0.15, 0.2) is 24.7 Å². The van der Waals surface area contributed by atoms with Crippen molar-refractivity contribution in [2.24, 2.45) is 0 Å². The molecule has 0 saturated carbocycles. The van der Waals surface area contributed by atoms with Crippen molar-refractivity contribution in [1.29, 1.82) is 0 Å². The standard InChI is InChI=1S/C9H10ClN3O2/c10-7-2-1-6(11)9(13-7)12-5-8-14-3-4-15-8/h1-4,8H,5,11H2,(H,12,13). The van der Waals surface area contributed by atoms with Gasteiger partial charge in [0.15, 0.2) is 5.82 Å². The molecule has 1 aromatic rings. The second kappa shape index (κ2) is 4.27. The van der Waals surface area contributed by atoms with E-state index in [-0.39, 0.29) is 6.29 Å². The smallest absolute Gasteiger partial charge is 0.256 e. The maximum absolute atomic E-state index is 5.73. The van der Waals surface area contributed by atoms with Crippen LogP contribution >= 0.6 is 11.6 Å². The monoisotopic (exact) mass is 227 g/mol. The highest BCUT2D eigenvalue weighted by atomic mass is 35.5. The predicted molar refractivity (Wildman–Crippen MR) is 57.2 cm³/mol. The van der Waals surface area contributed by atoms with Crippen LogP contribution in [-0.4, -0.2) is 17.8 Å². The maximum atomic E-state index is 5.73. The van der Waals surface area contributed by atoms with Crippen LogP contribution in [-0.2, 0) is 9.47 Å². The highest BCUT2D eigenvalue weighted by Gasteiger charge is 2.12. The van der Waals surface area contributed by atoms with Gasteiger partial charge in [-0.1, -0.05) is 11.6 Å². The van der Waals surface area contributed by atoms with Crippen molar-refractivity contribution >= 4 is 23.1 Å². The van der Waals surface area contributed by atoms with E-state index in [0.717, 1.165) is 0 Å². The molecule has 3 N–H and O–H groups in total. The van der Waals surface area contributed by atoms with Gasteiger partial charge in [0, 0.05) is 0 Å². The van der Waals surface area contributed by atoms with E-state index < -0.39 is 0 Å². The Bertz CT molecular complexity index is 376. The van der Waals surface area contributed by atoms with E-state index in [1.165, 1.54) is 12.5 Å². The summed E-state index contributed by atoms with van der Waals surface area (Å²) in [5.41, 5.74) is 6.23. The number of pyridine rings is 1. The third-order valence-corrected chi connectivity index (χ3v) is 2.06. The summed E-state index contributed by atoms with van der Waals surface area (Å²) in [5, 5.41) is 3.37. The molecule has 0 amide bonds. The summed E-state index contributed by atoms with van der Waals surface area (Å²) in [5.74, 6) is 0.529. The zero-order valence-electron chi connectivity index (χ0n) is 7.81. The summed E-state index contributed by atoms with van der Waals surface area (Å²) in [6, 6.07) is 3.32. The van der Waals surface area contributed by atoms with Crippen molar-refractivity contribution in [3.05, 3.63) is 29.8 Å². The predicted octanol–water partition coefficient (Wildman–Crippen LogP) is 1.57. The molecule has 1 aliphatic heterocycles. The molecule has 0 saturated heterocycles. The molecular formula is C9H10ClN3O2. The Kier molecular flexibility index (Phi) is 2.82. The highest BCUT2D eigenvalue weighted by molar-refractivity contribution is 6.29. The molecule has 0 radical (unpaired) electrons. The van der Waals surface area contributed by atoms with Gasteiger partial charge in [-0.15, -0.1) is 0 Å². The van der Waals surface area contributed by atoms with Crippen molar-refractivity contribution in [3.63, 3.8) is 0 Å². The zero-order valence-corrected chi connectivity index (χ0v) is 8.57. The van der Waals surface area contributed by atoms with E-state index in [9.17, 15) is 0 Å². The summed E-state index contributed by atoms with van der Waals surface area (Å²) in [7, 11) is 0. The third-order valence-electron chi connectivity index (χ3n) is 1.84. The average Bonchev–Trinajstić information content (AvgIpc) is 2.72. The SMILES string of the molecule is Nc1ccc(Cl)nc1NCC1OC=CO1. The Morgan fingerprint density at radius 2 is 2.13 bits per heavy atom. The first-order chi connectivity index (χ1) is 7.25. The molecule has 15 heavy (non-hydrogen) atoms. The Labute approximate surface area is 91.8 Å². The molecule has 80 valence electrons. The lowest BCUT2D eigenvalue weighted by molar-refractivity contribution is -0.0104. The second-order valence-electron chi connectivity index (χ2n) is 2.93. The van der Waals surface area contributed by atoms with Crippen LogP contribution in [0.3, 0.4) is 0 Å². The summed E-state index contributed by atoms with van der Waals surface area (Å²) in [4.78, 5) is 4.03. The van der Waals surface area contributed by atoms with Gasteiger partial charge >= 0.3 is 0 Å². The second-order valence-corrected chi connectivity index (χ2v) is 3.31. The molecule has 5 nitrogen and oxygen atoms in total. The number of nitrogens with two attached hydrogens (primary N) is 1. The van der Waals surface area contributed by atoms with Gasteiger partial charge in [0.05, 0.1) is 12.2 Å². The summed E-state index contributed by atoms with van der Waals surface area (Å²) in [6.45, 7) is 0.449. The topological polar surface area (TPSA) is 69.4 Å². The lowest BCUT2D eigenvalue weighted by Gasteiger charge is -2.12. The largest absolute Gasteiger partial charge is 0.457 e. The Balaban J connectivity index is 1.95. The first kappa shape index (κ1) is 9.92. The molecule has 0 spiro atoms.